The van der Waals surface area contributed by atoms with Crippen LogP contribution in [0, 0.1) is 24.0 Å². The molecule has 0 spiro atoms. The van der Waals surface area contributed by atoms with Crippen LogP contribution in [0.4, 0.5) is 5.69 Å². The first-order valence-electron chi connectivity index (χ1n) is 11.1. The van der Waals surface area contributed by atoms with Gasteiger partial charge in [-0.2, -0.15) is 0 Å². The number of nitro groups is 1. The molecule has 0 aliphatic carbocycles. The van der Waals surface area contributed by atoms with Gasteiger partial charge in [0.1, 0.15) is 0 Å². The van der Waals surface area contributed by atoms with Crippen LogP contribution in [0.15, 0.2) is 82.6 Å². The number of pyridine rings is 2. The zero-order chi connectivity index (χ0) is 25.4. The minimum Gasteiger partial charge on any atom is -0.294 e. The molecule has 0 radical (unpaired) electrons. The second-order valence-corrected chi connectivity index (χ2v) is 8.21. The number of H-pyrrole nitrogens is 2. The molecule has 11 heteroatoms. The average Bonchev–Trinajstić information content (AvgIpc) is 3.36. The maximum absolute atomic E-state index is 13.7. The summed E-state index contributed by atoms with van der Waals surface area (Å²) in [5.41, 5.74) is 0.442. The van der Waals surface area contributed by atoms with Crippen molar-refractivity contribution >= 4 is 5.69 Å². The Morgan fingerprint density at radius 3 is 1.69 bits per heavy atom. The number of rotatable bonds is 6. The molecule has 0 saturated heterocycles. The van der Waals surface area contributed by atoms with E-state index in [1.54, 1.807) is 80.8 Å². The normalized spacial score (nSPS) is 11.2. The fourth-order valence-electron chi connectivity index (χ4n) is 4.45. The summed E-state index contributed by atoms with van der Waals surface area (Å²) in [4.78, 5) is 47.4. The Bertz CT molecular complexity index is 1580. The van der Waals surface area contributed by atoms with E-state index in [1.165, 1.54) is 15.4 Å². The Morgan fingerprint density at radius 1 is 0.778 bits per heavy atom. The molecule has 5 rings (SSSR count). The first-order valence-corrected chi connectivity index (χ1v) is 11.1. The highest BCUT2D eigenvalue weighted by atomic mass is 16.6. The van der Waals surface area contributed by atoms with Crippen LogP contribution in [0.2, 0.25) is 0 Å². The lowest BCUT2D eigenvalue weighted by Gasteiger charge is -2.16. The van der Waals surface area contributed by atoms with Crippen LogP contribution in [0.5, 0.6) is 0 Å². The molecule has 0 aliphatic rings. The number of hydrogen-bond acceptors (Lipinski definition) is 6. The standard InChI is InChI=1S/C25H21N7O4/c1-15-21(24(33)30(28-15)19-11-5-7-13-26-19)23(17-9-3-4-10-18(17)32(35)36)22-16(2)29-31(25(22)34)20-12-6-8-14-27-20/h3-14,23,28-29H,1-2H3. The van der Waals surface area contributed by atoms with Gasteiger partial charge in [-0.1, -0.05) is 30.3 Å². The minimum atomic E-state index is -1.03. The van der Waals surface area contributed by atoms with Crippen LogP contribution in [-0.4, -0.2) is 34.5 Å². The lowest BCUT2D eigenvalue weighted by atomic mass is 9.84. The smallest absolute Gasteiger partial charge is 0.277 e. The molecule has 4 heterocycles. The summed E-state index contributed by atoms with van der Waals surface area (Å²) in [5, 5.41) is 18.0. The summed E-state index contributed by atoms with van der Waals surface area (Å²) in [5.74, 6) is -0.321. The molecule has 0 bridgehead atoms. The van der Waals surface area contributed by atoms with Crippen LogP contribution in [0.25, 0.3) is 11.6 Å². The third-order valence-electron chi connectivity index (χ3n) is 6.01. The monoisotopic (exact) mass is 483 g/mol. The van der Waals surface area contributed by atoms with Crippen molar-refractivity contribution in [2.24, 2.45) is 0 Å². The topological polar surface area (TPSA) is 144 Å². The van der Waals surface area contributed by atoms with Gasteiger partial charge in [0.15, 0.2) is 11.6 Å². The summed E-state index contributed by atoms with van der Waals surface area (Å²) in [6.07, 6.45) is 3.11. The fourth-order valence-corrected chi connectivity index (χ4v) is 4.45. The summed E-state index contributed by atoms with van der Waals surface area (Å²) >= 11 is 0. The van der Waals surface area contributed by atoms with Crippen molar-refractivity contribution in [3.63, 3.8) is 0 Å². The molecule has 0 unspecified atom stereocenters. The summed E-state index contributed by atoms with van der Waals surface area (Å²) in [6, 6.07) is 16.4. The number of nitrogens with one attached hydrogen (secondary N) is 2. The third-order valence-corrected chi connectivity index (χ3v) is 6.01. The predicted octanol–water partition coefficient (Wildman–Crippen LogP) is 3.14. The third kappa shape index (κ3) is 3.72. The van der Waals surface area contributed by atoms with Gasteiger partial charge in [-0.15, -0.1) is 0 Å². The van der Waals surface area contributed by atoms with E-state index in [1.807, 2.05) is 0 Å². The van der Waals surface area contributed by atoms with Gasteiger partial charge >= 0.3 is 0 Å². The molecule has 0 atom stereocenters. The maximum Gasteiger partial charge on any atom is 0.277 e. The van der Waals surface area contributed by atoms with E-state index in [9.17, 15) is 19.7 Å². The van der Waals surface area contributed by atoms with Gasteiger partial charge in [0, 0.05) is 35.4 Å². The highest BCUT2D eigenvalue weighted by Gasteiger charge is 2.34. The second kappa shape index (κ2) is 8.95. The van der Waals surface area contributed by atoms with Crippen molar-refractivity contribution in [3.05, 3.63) is 132 Å². The first kappa shape index (κ1) is 22.7. The van der Waals surface area contributed by atoms with Crippen molar-refractivity contribution in [1.29, 1.82) is 0 Å². The number of nitro benzene ring substituents is 1. The molecule has 180 valence electrons. The highest BCUT2D eigenvalue weighted by Crippen LogP contribution is 2.36. The number of aromatic nitrogens is 6. The van der Waals surface area contributed by atoms with Crippen LogP contribution < -0.4 is 11.1 Å². The zero-order valence-electron chi connectivity index (χ0n) is 19.4. The Labute approximate surface area is 203 Å². The number of nitrogens with zero attached hydrogens (tertiary/aromatic N) is 5. The number of para-hydroxylation sites is 1. The second-order valence-electron chi connectivity index (χ2n) is 8.21. The summed E-state index contributed by atoms with van der Waals surface area (Å²) in [6.45, 7) is 3.38. The van der Waals surface area contributed by atoms with Crippen LogP contribution in [0.1, 0.15) is 34.0 Å². The molecule has 0 saturated carbocycles. The first-order chi connectivity index (χ1) is 17.4. The van der Waals surface area contributed by atoms with Crippen molar-refractivity contribution < 1.29 is 4.92 Å². The molecule has 11 nitrogen and oxygen atoms in total. The lowest BCUT2D eigenvalue weighted by molar-refractivity contribution is -0.385. The van der Waals surface area contributed by atoms with Gasteiger partial charge in [0.2, 0.25) is 0 Å². The Kier molecular flexibility index (Phi) is 5.65. The largest absolute Gasteiger partial charge is 0.294 e. The minimum absolute atomic E-state index is 0.198. The molecular formula is C25H21N7O4. The molecule has 36 heavy (non-hydrogen) atoms. The number of hydrogen-bond donors (Lipinski definition) is 2. The Balaban J connectivity index is 1.83. The van der Waals surface area contributed by atoms with Crippen LogP contribution in [0.3, 0.4) is 0 Å². The molecule has 1 aromatic carbocycles. The van der Waals surface area contributed by atoms with E-state index in [4.69, 9.17) is 0 Å². The summed E-state index contributed by atoms with van der Waals surface area (Å²) < 4.78 is 2.54. The molecule has 0 fully saturated rings. The molecule has 0 aliphatic heterocycles. The van der Waals surface area contributed by atoms with Crippen molar-refractivity contribution in [2.75, 3.05) is 0 Å². The quantitative estimate of drug-likeness (QED) is 0.280. The van der Waals surface area contributed by atoms with E-state index < -0.39 is 22.0 Å². The Morgan fingerprint density at radius 2 is 1.25 bits per heavy atom. The van der Waals surface area contributed by atoms with Crippen LogP contribution in [-0.2, 0) is 0 Å². The van der Waals surface area contributed by atoms with Crippen LogP contribution >= 0.6 is 0 Å². The zero-order valence-corrected chi connectivity index (χ0v) is 19.4. The van der Waals surface area contributed by atoms with E-state index in [2.05, 4.69) is 20.2 Å². The van der Waals surface area contributed by atoms with Crippen molar-refractivity contribution in [2.45, 2.75) is 19.8 Å². The molecule has 4 aromatic heterocycles. The molecule has 5 aromatic rings. The van der Waals surface area contributed by atoms with Crippen molar-refractivity contribution in [1.82, 2.24) is 29.5 Å². The van der Waals surface area contributed by atoms with Gasteiger partial charge in [0.05, 0.1) is 22.0 Å². The van der Waals surface area contributed by atoms with Gasteiger partial charge in [-0.05, 0) is 38.1 Å². The van der Waals surface area contributed by atoms with E-state index >= 15 is 0 Å². The molecular weight excluding hydrogens is 462 g/mol. The van der Waals surface area contributed by atoms with E-state index in [-0.39, 0.29) is 22.4 Å². The summed E-state index contributed by atoms with van der Waals surface area (Å²) in [7, 11) is 0. The predicted molar refractivity (Wildman–Crippen MR) is 132 cm³/mol. The van der Waals surface area contributed by atoms with Gasteiger partial charge in [-0.3, -0.25) is 29.9 Å². The van der Waals surface area contributed by atoms with Crippen molar-refractivity contribution in [3.8, 4) is 11.6 Å². The molecule has 2 N–H and O–H groups in total. The highest BCUT2D eigenvalue weighted by molar-refractivity contribution is 5.54. The van der Waals surface area contributed by atoms with Gasteiger partial charge in [-0.25, -0.2) is 19.3 Å². The fraction of sp³-hybridized carbons (Fsp3) is 0.120. The maximum atomic E-state index is 13.7. The van der Waals surface area contributed by atoms with E-state index in [0.717, 1.165) is 0 Å². The molecule has 0 amide bonds. The van der Waals surface area contributed by atoms with E-state index in [0.29, 0.717) is 23.0 Å². The lowest BCUT2D eigenvalue weighted by Crippen LogP contribution is -2.26. The Hall–Kier alpha value is -5.06. The van der Waals surface area contributed by atoms with Gasteiger partial charge < -0.3 is 0 Å². The van der Waals surface area contributed by atoms with Gasteiger partial charge in [0.25, 0.3) is 16.8 Å². The average molecular weight is 483 g/mol. The number of benzene rings is 1. The number of aryl methyl sites for hydroxylation is 2. The SMILES string of the molecule is Cc1[nH]n(-c2ccccn2)c(=O)c1C(c1ccccc1[N+](=O)[O-])c1c(C)[nH]n(-c2ccccn2)c1=O. The number of aromatic amines is 2.